The van der Waals surface area contributed by atoms with Crippen LogP contribution in [-0.2, 0) is 0 Å². The molecule has 0 saturated heterocycles. The molecule has 114 valence electrons. The molecule has 0 bridgehead atoms. The fourth-order valence-corrected chi connectivity index (χ4v) is 1.91. The van der Waals surface area contributed by atoms with Gasteiger partial charge in [-0.3, -0.25) is 10.1 Å². The number of phenols is 1. The third kappa shape index (κ3) is 3.70. The van der Waals surface area contributed by atoms with Gasteiger partial charge in [-0.2, -0.15) is 0 Å². The molecule has 1 amide bonds. The number of carbonyl (C=O) groups is 1. The molecule has 0 aromatic heterocycles. The third-order valence-corrected chi connectivity index (χ3v) is 3.00. The molecule has 2 rings (SSSR count). The highest BCUT2D eigenvalue weighted by Crippen LogP contribution is 2.27. The average Bonchev–Trinajstić information content (AvgIpc) is 2.49. The lowest BCUT2D eigenvalue weighted by atomic mass is 10.2. The van der Waals surface area contributed by atoms with E-state index in [1.807, 2.05) is 0 Å². The van der Waals surface area contributed by atoms with Gasteiger partial charge in [-0.15, -0.1) is 0 Å². The zero-order chi connectivity index (χ0) is 16.1. The van der Waals surface area contributed by atoms with Crippen molar-refractivity contribution in [3.63, 3.8) is 0 Å². The van der Waals surface area contributed by atoms with Crippen LogP contribution in [0.1, 0.15) is 10.4 Å². The van der Waals surface area contributed by atoms with Crippen molar-refractivity contribution < 1.29 is 19.0 Å². The maximum Gasteiger partial charge on any atom is 0.260 e. The summed E-state index contributed by atoms with van der Waals surface area (Å²) in [7, 11) is 1.48. The van der Waals surface area contributed by atoms with Crippen molar-refractivity contribution in [2.45, 2.75) is 0 Å². The summed E-state index contributed by atoms with van der Waals surface area (Å²) in [5.41, 5.74) is 0.139. The minimum absolute atomic E-state index is 0.0664. The molecule has 0 aliphatic rings. The Hall–Kier alpha value is -2.67. The molecular weight excluding hydrogens is 307 g/mol. The topological polar surface area (TPSA) is 70.6 Å². The Balaban J connectivity index is 2.07. The van der Waals surface area contributed by atoms with Gasteiger partial charge in [0.15, 0.2) is 5.11 Å². The van der Waals surface area contributed by atoms with Crippen LogP contribution in [0.15, 0.2) is 42.5 Å². The lowest BCUT2D eigenvalue weighted by molar-refractivity contribution is 0.0974. The molecule has 7 heteroatoms. The molecule has 5 nitrogen and oxygen atoms in total. The van der Waals surface area contributed by atoms with Gasteiger partial charge in [0.1, 0.15) is 17.3 Å². The van der Waals surface area contributed by atoms with Crippen molar-refractivity contribution in [2.24, 2.45) is 0 Å². The van der Waals surface area contributed by atoms with Gasteiger partial charge in [0.25, 0.3) is 5.91 Å². The van der Waals surface area contributed by atoms with Gasteiger partial charge in [-0.25, -0.2) is 4.39 Å². The second-order valence-electron chi connectivity index (χ2n) is 4.27. The fourth-order valence-electron chi connectivity index (χ4n) is 1.71. The van der Waals surface area contributed by atoms with Crippen LogP contribution < -0.4 is 15.4 Å². The van der Waals surface area contributed by atoms with E-state index in [2.05, 4.69) is 10.6 Å². The molecule has 0 aliphatic carbocycles. The summed E-state index contributed by atoms with van der Waals surface area (Å²) in [5, 5.41) is 14.6. The van der Waals surface area contributed by atoms with Crippen LogP contribution in [-0.4, -0.2) is 23.2 Å². The van der Waals surface area contributed by atoms with Crippen LogP contribution in [0.25, 0.3) is 0 Å². The van der Waals surface area contributed by atoms with Crippen LogP contribution in [0, 0.1) is 5.82 Å². The van der Waals surface area contributed by atoms with Gasteiger partial charge < -0.3 is 15.2 Å². The number of ether oxygens (including phenoxy) is 1. The van der Waals surface area contributed by atoms with Crippen molar-refractivity contribution in [2.75, 3.05) is 12.4 Å². The van der Waals surface area contributed by atoms with E-state index in [9.17, 15) is 14.3 Å². The molecule has 0 saturated carbocycles. The van der Waals surface area contributed by atoms with E-state index >= 15 is 0 Å². The van der Waals surface area contributed by atoms with Crippen LogP contribution in [0.2, 0.25) is 0 Å². The van der Waals surface area contributed by atoms with Gasteiger partial charge in [-0.1, -0.05) is 12.1 Å². The van der Waals surface area contributed by atoms with E-state index in [-0.39, 0.29) is 22.1 Å². The van der Waals surface area contributed by atoms with E-state index in [1.54, 1.807) is 12.1 Å². The Morgan fingerprint density at radius 1 is 1.27 bits per heavy atom. The van der Waals surface area contributed by atoms with Gasteiger partial charge in [0.2, 0.25) is 0 Å². The summed E-state index contributed by atoms with van der Waals surface area (Å²) in [6.45, 7) is 0. The van der Waals surface area contributed by atoms with Gasteiger partial charge >= 0.3 is 0 Å². The third-order valence-electron chi connectivity index (χ3n) is 2.80. The van der Waals surface area contributed by atoms with E-state index in [0.29, 0.717) is 5.75 Å². The molecule has 0 radical (unpaired) electrons. The number of amides is 1. The van der Waals surface area contributed by atoms with Gasteiger partial charge in [0.05, 0.1) is 18.4 Å². The summed E-state index contributed by atoms with van der Waals surface area (Å²) in [6, 6.07) is 10.1. The number of methoxy groups -OCH3 is 1. The van der Waals surface area contributed by atoms with Crippen molar-refractivity contribution in [3.05, 3.63) is 53.8 Å². The average molecular weight is 320 g/mol. The summed E-state index contributed by atoms with van der Waals surface area (Å²) >= 11 is 4.98. The van der Waals surface area contributed by atoms with Crippen molar-refractivity contribution in [1.29, 1.82) is 0 Å². The van der Waals surface area contributed by atoms with E-state index in [1.165, 1.54) is 37.4 Å². The number of nitrogens with one attached hydrogen (secondary N) is 2. The lowest BCUT2D eigenvalue weighted by Crippen LogP contribution is -2.34. The van der Waals surface area contributed by atoms with Crippen LogP contribution in [0.5, 0.6) is 11.5 Å². The summed E-state index contributed by atoms with van der Waals surface area (Å²) in [5.74, 6) is -0.892. The standard InChI is InChI=1S/C15H13FN2O3S/c1-21-9-6-7-13(19)12(8-9)17-15(22)18-14(20)10-4-2-3-5-11(10)16/h2-8,19H,1H3,(H2,17,18,20,22). The Kier molecular flexibility index (Phi) is 4.90. The minimum atomic E-state index is -0.682. The number of anilines is 1. The Bertz CT molecular complexity index is 722. The van der Waals surface area contributed by atoms with E-state index in [4.69, 9.17) is 17.0 Å². The molecule has 0 fully saturated rings. The molecule has 0 heterocycles. The highest BCUT2D eigenvalue weighted by molar-refractivity contribution is 7.80. The highest BCUT2D eigenvalue weighted by Gasteiger charge is 2.13. The Morgan fingerprint density at radius 2 is 2.00 bits per heavy atom. The van der Waals surface area contributed by atoms with Crippen LogP contribution in [0.4, 0.5) is 10.1 Å². The smallest absolute Gasteiger partial charge is 0.260 e. The van der Waals surface area contributed by atoms with E-state index < -0.39 is 11.7 Å². The minimum Gasteiger partial charge on any atom is -0.506 e. The van der Waals surface area contributed by atoms with Crippen LogP contribution >= 0.6 is 12.2 Å². The first-order valence-corrected chi connectivity index (χ1v) is 6.66. The molecule has 0 aliphatic heterocycles. The van der Waals surface area contributed by atoms with E-state index in [0.717, 1.165) is 0 Å². The first-order valence-electron chi connectivity index (χ1n) is 6.25. The second kappa shape index (κ2) is 6.86. The quantitative estimate of drug-likeness (QED) is 0.599. The fraction of sp³-hybridized carbons (Fsp3) is 0.0667. The monoisotopic (exact) mass is 320 g/mol. The molecule has 0 unspecified atom stereocenters. The maximum atomic E-state index is 13.5. The second-order valence-corrected chi connectivity index (χ2v) is 4.68. The zero-order valence-corrected chi connectivity index (χ0v) is 12.4. The Morgan fingerprint density at radius 3 is 2.68 bits per heavy atom. The number of phenolic OH excluding ortho intramolecular Hbond substituents is 1. The first-order chi connectivity index (χ1) is 10.5. The van der Waals surface area contributed by atoms with Gasteiger partial charge in [-0.05, 0) is 36.5 Å². The number of hydrogen-bond acceptors (Lipinski definition) is 4. The van der Waals surface area contributed by atoms with Crippen molar-refractivity contribution in [1.82, 2.24) is 5.32 Å². The number of halogens is 1. The molecule has 2 aromatic carbocycles. The largest absolute Gasteiger partial charge is 0.506 e. The summed E-state index contributed by atoms with van der Waals surface area (Å²) in [6.07, 6.45) is 0. The molecule has 0 spiro atoms. The molecule has 3 N–H and O–H groups in total. The number of hydrogen-bond donors (Lipinski definition) is 3. The normalized spacial score (nSPS) is 9.91. The zero-order valence-electron chi connectivity index (χ0n) is 11.6. The summed E-state index contributed by atoms with van der Waals surface area (Å²) < 4.78 is 18.5. The lowest BCUT2D eigenvalue weighted by Gasteiger charge is -2.12. The van der Waals surface area contributed by atoms with Crippen LogP contribution in [0.3, 0.4) is 0 Å². The highest BCUT2D eigenvalue weighted by atomic mass is 32.1. The number of rotatable bonds is 3. The number of carbonyl (C=O) groups excluding carboxylic acids is 1. The summed E-state index contributed by atoms with van der Waals surface area (Å²) in [4.78, 5) is 11.9. The van der Waals surface area contributed by atoms with Crippen molar-refractivity contribution in [3.8, 4) is 11.5 Å². The van der Waals surface area contributed by atoms with Crippen molar-refractivity contribution >= 4 is 28.9 Å². The Labute approximate surface area is 131 Å². The molecule has 22 heavy (non-hydrogen) atoms. The number of thiocarbonyl (C=S) groups is 1. The van der Waals surface area contributed by atoms with Gasteiger partial charge in [0, 0.05) is 6.07 Å². The number of aromatic hydroxyl groups is 1. The first kappa shape index (κ1) is 15.7. The number of benzene rings is 2. The predicted molar refractivity (Wildman–Crippen MR) is 84.7 cm³/mol. The molecule has 0 atom stereocenters. The molecule has 2 aromatic rings. The molecular formula is C15H13FN2O3S. The SMILES string of the molecule is COc1ccc(O)c(NC(=S)NC(=O)c2ccccc2F)c1. The predicted octanol–water partition coefficient (Wildman–Crippen LogP) is 2.67. The maximum absolute atomic E-state index is 13.5.